The van der Waals surface area contributed by atoms with Gasteiger partial charge in [-0.05, 0) is 23.0 Å². The lowest BCUT2D eigenvalue weighted by atomic mass is 10.1. The first-order valence-electron chi connectivity index (χ1n) is 8.91. The van der Waals surface area contributed by atoms with Crippen LogP contribution in [0.2, 0.25) is 16.6 Å². The molecule has 1 rings (SSSR count). The van der Waals surface area contributed by atoms with Crippen LogP contribution in [-0.4, -0.2) is 17.5 Å². The molecule has 1 aromatic rings. The second kappa shape index (κ2) is 8.16. The molecule has 0 aliphatic rings. The standard InChI is InChI=1S/C18H36N2Si/c1-8-9-10-11-12-18-19-13-14-20(18)21(15(2)3,16(4)5)17(6)7/h13-17H,8-12H2,1-7H3. The summed E-state index contributed by atoms with van der Waals surface area (Å²) in [4.78, 5) is 4.72. The molecule has 0 aliphatic carbocycles. The monoisotopic (exact) mass is 308 g/mol. The van der Waals surface area contributed by atoms with Crippen LogP contribution in [0.25, 0.3) is 0 Å². The zero-order valence-electron chi connectivity index (χ0n) is 15.3. The quantitative estimate of drug-likeness (QED) is 0.402. The van der Waals surface area contributed by atoms with Gasteiger partial charge < -0.3 is 4.23 Å². The van der Waals surface area contributed by atoms with E-state index < -0.39 is 8.24 Å². The highest BCUT2D eigenvalue weighted by atomic mass is 28.3. The van der Waals surface area contributed by atoms with E-state index in [9.17, 15) is 0 Å². The van der Waals surface area contributed by atoms with Crippen LogP contribution in [0, 0.1) is 0 Å². The lowest BCUT2D eigenvalue weighted by molar-refractivity contribution is 0.643. The van der Waals surface area contributed by atoms with Crippen molar-refractivity contribution in [3.05, 3.63) is 18.2 Å². The average molecular weight is 309 g/mol. The molecule has 0 spiro atoms. The number of nitrogens with zero attached hydrogens (tertiary/aromatic N) is 2. The van der Waals surface area contributed by atoms with E-state index in [2.05, 4.69) is 58.9 Å². The topological polar surface area (TPSA) is 17.8 Å². The largest absolute Gasteiger partial charge is 0.361 e. The predicted molar refractivity (Wildman–Crippen MR) is 96.5 cm³/mol. The van der Waals surface area contributed by atoms with Gasteiger partial charge in [-0.3, -0.25) is 0 Å². The third kappa shape index (κ3) is 3.80. The Balaban J connectivity index is 3.07. The van der Waals surface area contributed by atoms with Crippen LogP contribution < -0.4 is 0 Å². The van der Waals surface area contributed by atoms with Crippen LogP contribution in [-0.2, 0) is 6.42 Å². The third-order valence-corrected chi connectivity index (χ3v) is 12.0. The van der Waals surface area contributed by atoms with Gasteiger partial charge in [-0.15, -0.1) is 0 Å². The average Bonchev–Trinajstić information content (AvgIpc) is 2.83. The summed E-state index contributed by atoms with van der Waals surface area (Å²) < 4.78 is 2.65. The molecule has 2 nitrogen and oxygen atoms in total. The molecule has 1 aromatic heterocycles. The van der Waals surface area contributed by atoms with Crippen LogP contribution >= 0.6 is 0 Å². The first-order valence-corrected chi connectivity index (χ1v) is 11.1. The highest BCUT2D eigenvalue weighted by molar-refractivity contribution is 6.82. The molecule has 0 unspecified atom stereocenters. The maximum Gasteiger partial charge on any atom is 0.170 e. The van der Waals surface area contributed by atoms with Gasteiger partial charge in [0.1, 0.15) is 5.82 Å². The number of aryl methyl sites for hydroxylation is 1. The van der Waals surface area contributed by atoms with Crippen LogP contribution in [0.3, 0.4) is 0 Å². The van der Waals surface area contributed by atoms with E-state index in [4.69, 9.17) is 4.98 Å². The minimum Gasteiger partial charge on any atom is -0.361 e. The van der Waals surface area contributed by atoms with Crippen LogP contribution in [0.1, 0.15) is 80.0 Å². The van der Waals surface area contributed by atoms with Crippen molar-refractivity contribution in [3.8, 4) is 0 Å². The Labute approximate surface area is 133 Å². The number of unbranched alkanes of at least 4 members (excludes halogenated alkanes) is 3. The van der Waals surface area contributed by atoms with Crippen molar-refractivity contribution in [2.24, 2.45) is 0 Å². The number of hydrogen-bond donors (Lipinski definition) is 0. The normalized spacial score (nSPS) is 12.9. The van der Waals surface area contributed by atoms with Gasteiger partial charge in [-0.25, -0.2) is 4.98 Å². The Hall–Kier alpha value is -0.573. The fourth-order valence-electron chi connectivity index (χ4n) is 4.42. The summed E-state index contributed by atoms with van der Waals surface area (Å²) in [6, 6.07) is 0. The minimum absolute atomic E-state index is 0.737. The molecule has 0 saturated carbocycles. The summed E-state index contributed by atoms with van der Waals surface area (Å²) >= 11 is 0. The first-order chi connectivity index (χ1) is 9.88. The van der Waals surface area contributed by atoms with Crippen molar-refractivity contribution < 1.29 is 0 Å². The van der Waals surface area contributed by atoms with Gasteiger partial charge in [0.2, 0.25) is 0 Å². The smallest absolute Gasteiger partial charge is 0.170 e. The summed E-state index contributed by atoms with van der Waals surface area (Å²) in [6.45, 7) is 16.8. The molecule has 0 N–H and O–H groups in total. The van der Waals surface area contributed by atoms with Gasteiger partial charge in [0.25, 0.3) is 0 Å². The number of imidazole rings is 1. The second-order valence-corrected chi connectivity index (χ2v) is 13.1. The van der Waals surface area contributed by atoms with Crippen molar-refractivity contribution >= 4 is 8.24 Å². The van der Waals surface area contributed by atoms with Gasteiger partial charge in [0.15, 0.2) is 8.24 Å². The Morgan fingerprint density at radius 2 is 1.52 bits per heavy atom. The Morgan fingerprint density at radius 3 is 2.00 bits per heavy atom. The maximum atomic E-state index is 4.72. The van der Waals surface area contributed by atoms with Crippen molar-refractivity contribution in [3.63, 3.8) is 0 Å². The highest BCUT2D eigenvalue weighted by Gasteiger charge is 2.46. The lowest BCUT2D eigenvalue weighted by Crippen LogP contribution is -2.52. The highest BCUT2D eigenvalue weighted by Crippen LogP contribution is 2.43. The molecule has 0 fully saturated rings. The number of aromatic nitrogens is 2. The zero-order valence-corrected chi connectivity index (χ0v) is 16.3. The lowest BCUT2D eigenvalue weighted by Gasteiger charge is -2.44. The Bertz CT molecular complexity index is 385. The van der Waals surface area contributed by atoms with E-state index in [0.717, 1.165) is 23.0 Å². The van der Waals surface area contributed by atoms with Gasteiger partial charge in [-0.1, -0.05) is 67.7 Å². The maximum absolute atomic E-state index is 4.72. The van der Waals surface area contributed by atoms with E-state index in [0.29, 0.717) is 0 Å². The fourth-order valence-corrected chi connectivity index (χ4v) is 11.0. The summed E-state index contributed by atoms with van der Waals surface area (Å²) in [5.74, 6) is 1.34. The van der Waals surface area contributed by atoms with Crippen LogP contribution in [0.5, 0.6) is 0 Å². The molecule has 0 atom stereocenters. The second-order valence-electron chi connectivity index (χ2n) is 7.38. The van der Waals surface area contributed by atoms with E-state index in [-0.39, 0.29) is 0 Å². The third-order valence-electron chi connectivity index (χ3n) is 5.16. The first kappa shape index (κ1) is 18.5. The van der Waals surface area contributed by atoms with Gasteiger partial charge in [-0.2, -0.15) is 0 Å². The molecule has 0 aliphatic heterocycles. The molecular formula is C18H36N2Si. The molecule has 3 heteroatoms. The van der Waals surface area contributed by atoms with E-state index in [1.807, 2.05) is 6.20 Å². The van der Waals surface area contributed by atoms with Crippen molar-refractivity contribution in [1.29, 1.82) is 0 Å². The Morgan fingerprint density at radius 1 is 0.952 bits per heavy atom. The summed E-state index contributed by atoms with van der Waals surface area (Å²) in [7, 11) is -1.61. The van der Waals surface area contributed by atoms with Crippen LogP contribution in [0.15, 0.2) is 12.4 Å². The molecule has 0 amide bonds. The van der Waals surface area contributed by atoms with E-state index in [1.165, 1.54) is 31.5 Å². The molecule has 21 heavy (non-hydrogen) atoms. The molecule has 1 heterocycles. The SMILES string of the molecule is CCCCCCc1nccn1[Si](C(C)C)(C(C)C)C(C)C. The van der Waals surface area contributed by atoms with Crippen molar-refractivity contribution in [2.75, 3.05) is 0 Å². The van der Waals surface area contributed by atoms with E-state index >= 15 is 0 Å². The number of hydrogen-bond acceptors (Lipinski definition) is 1. The van der Waals surface area contributed by atoms with Crippen molar-refractivity contribution in [1.82, 2.24) is 9.22 Å². The summed E-state index contributed by atoms with van der Waals surface area (Å²) in [5, 5.41) is 0. The molecule has 0 bridgehead atoms. The van der Waals surface area contributed by atoms with Gasteiger partial charge in [0.05, 0.1) is 0 Å². The predicted octanol–water partition coefficient (Wildman–Crippen LogP) is 6.03. The van der Waals surface area contributed by atoms with E-state index in [1.54, 1.807) is 0 Å². The molecule has 0 aromatic carbocycles. The fraction of sp³-hybridized carbons (Fsp3) is 0.833. The Kier molecular flexibility index (Phi) is 7.18. The molecule has 122 valence electrons. The zero-order chi connectivity index (χ0) is 16.0. The molecular weight excluding hydrogens is 272 g/mol. The minimum atomic E-state index is -1.61. The van der Waals surface area contributed by atoms with Gasteiger partial charge >= 0.3 is 0 Å². The van der Waals surface area contributed by atoms with Crippen LogP contribution in [0.4, 0.5) is 0 Å². The summed E-state index contributed by atoms with van der Waals surface area (Å²) in [5.41, 5.74) is 2.21. The molecule has 0 radical (unpaired) electrons. The van der Waals surface area contributed by atoms with Crippen molar-refractivity contribution in [2.45, 2.75) is 97.2 Å². The number of rotatable bonds is 9. The van der Waals surface area contributed by atoms with Gasteiger partial charge in [0, 0.05) is 18.8 Å². The molecule has 0 saturated heterocycles. The summed E-state index contributed by atoms with van der Waals surface area (Å²) in [6.07, 6.45) is 10.7.